The zero-order chi connectivity index (χ0) is 16.7. The Morgan fingerprint density at radius 2 is 2.09 bits per heavy atom. The number of aliphatic hydroxyl groups is 1. The number of nitrogens with zero attached hydrogens (tertiary/aromatic N) is 2. The van der Waals surface area contributed by atoms with Gasteiger partial charge in [0.05, 0.1) is 11.3 Å². The van der Waals surface area contributed by atoms with Crippen LogP contribution in [0.4, 0.5) is 0 Å². The van der Waals surface area contributed by atoms with Crippen molar-refractivity contribution in [3.8, 4) is 5.75 Å². The molecule has 2 aromatic rings. The fraction of sp³-hybridized carbons (Fsp3) is 0.333. The van der Waals surface area contributed by atoms with Gasteiger partial charge in [0.25, 0.3) is 0 Å². The Balaban J connectivity index is 2.20. The Hall–Kier alpha value is -2.24. The van der Waals surface area contributed by atoms with Gasteiger partial charge >= 0.3 is 0 Å². The lowest BCUT2D eigenvalue weighted by molar-refractivity contribution is 0.112. The Bertz CT molecular complexity index is 644. The zero-order valence-electron chi connectivity index (χ0n) is 13.3. The van der Waals surface area contributed by atoms with Crippen LogP contribution in [0.15, 0.2) is 36.5 Å². The molecule has 5 nitrogen and oxygen atoms in total. The van der Waals surface area contributed by atoms with Crippen molar-refractivity contribution < 1.29 is 15.0 Å². The molecule has 0 radical (unpaired) electrons. The Morgan fingerprint density at radius 1 is 1.26 bits per heavy atom. The normalized spacial score (nSPS) is 10.9. The van der Waals surface area contributed by atoms with E-state index in [0.717, 1.165) is 11.3 Å². The third-order valence-electron chi connectivity index (χ3n) is 3.63. The van der Waals surface area contributed by atoms with Crippen LogP contribution >= 0.6 is 0 Å². The van der Waals surface area contributed by atoms with Crippen LogP contribution in [0.2, 0.25) is 0 Å². The van der Waals surface area contributed by atoms with Gasteiger partial charge in [-0.2, -0.15) is 0 Å². The highest BCUT2D eigenvalue weighted by molar-refractivity contribution is 5.80. The molecule has 0 saturated carbocycles. The van der Waals surface area contributed by atoms with Crippen molar-refractivity contribution in [1.82, 2.24) is 9.88 Å². The highest BCUT2D eigenvalue weighted by atomic mass is 16.3. The quantitative estimate of drug-likeness (QED) is 0.731. The van der Waals surface area contributed by atoms with Crippen molar-refractivity contribution in [2.75, 3.05) is 13.2 Å². The van der Waals surface area contributed by atoms with E-state index in [1.807, 2.05) is 31.2 Å². The maximum absolute atomic E-state index is 11.1. The van der Waals surface area contributed by atoms with Gasteiger partial charge in [-0.05, 0) is 37.1 Å². The number of hydrogen-bond acceptors (Lipinski definition) is 5. The summed E-state index contributed by atoms with van der Waals surface area (Å²) in [6.07, 6.45) is 3.05. The number of benzene rings is 1. The molecule has 23 heavy (non-hydrogen) atoms. The smallest absolute Gasteiger partial charge is 0.153 e. The third kappa shape index (κ3) is 4.87. The van der Waals surface area contributed by atoms with Crippen LogP contribution in [-0.2, 0) is 13.1 Å². The standard InChI is InChI=1S/C18H22N2O3/c1-14-9-15(18(23)16(10-14)13-22)11-20(7-4-8-21)12-17-5-2-3-6-19-17/h2-3,5-6,9-10,13,21,23H,4,7-8,11-12H2,1H3. The number of aromatic hydroxyl groups is 1. The monoisotopic (exact) mass is 314 g/mol. The third-order valence-corrected chi connectivity index (χ3v) is 3.63. The first-order chi connectivity index (χ1) is 11.1. The van der Waals surface area contributed by atoms with Gasteiger partial charge in [-0.3, -0.25) is 14.7 Å². The number of hydrogen-bond donors (Lipinski definition) is 2. The number of carbonyl (C=O) groups is 1. The summed E-state index contributed by atoms with van der Waals surface area (Å²) >= 11 is 0. The fourth-order valence-electron chi connectivity index (χ4n) is 2.56. The van der Waals surface area contributed by atoms with Crippen molar-refractivity contribution in [2.45, 2.75) is 26.4 Å². The minimum atomic E-state index is 0.0284. The molecule has 122 valence electrons. The first kappa shape index (κ1) is 17.1. The predicted molar refractivity (Wildman–Crippen MR) is 88.3 cm³/mol. The van der Waals surface area contributed by atoms with Gasteiger partial charge in [0.15, 0.2) is 6.29 Å². The van der Waals surface area contributed by atoms with E-state index in [-0.39, 0.29) is 12.4 Å². The average molecular weight is 314 g/mol. The molecule has 0 fully saturated rings. The van der Waals surface area contributed by atoms with Gasteiger partial charge in [0.1, 0.15) is 5.75 Å². The predicted octanol–water partition coefficient (Wildman–Crippen LogP) is 2.29. The maximum atomic E-state index is 11.1. The van der Waals surface area contributed by atoms with Crippen LogP contribution in [-0.4, -0.2) is 39.5 Å². The van der Waals surface area contributed by atoms with Crippen molar-refractivity contribution >= 4 is 6.29 Å². The van der Waals surface area contributed by atoms with Gasteiger partial charge in [-0.1, -0.05) is 12.1 Å². The fourth-order valence-corrected chi connectivity index (χ4v) is 2.56. The molecule has 0 atom stereocenters. The van der Waals surface area contributed by atoms with Gasteiger partial charge in [-0.25, -0.2) is 0 Å². The SMILES string of the molecule is Cc1cc(C=O)c(O)c(CN(CCCO)Cc2ccccn2)c1. The van der Waals surface area contributed by atoms with Crippen molar-refractivity contribution in [1.29, 1.82) is 0 Å². The number of aldehydes is 1. The van der Waals surface area contributed by atoms with Crippen LogP contribution < -0.4 is 0 Å². The number of aryl methyl sites for hydroxylation is 1. The molecule has 1 aromatic carbocycles. The first-order valence-corrected chi connectivity index (χ1v) is 7.65. The van der Waals surface area contributed by atoms with Gasteiger partial charge in [0, 0.05) is 38.0 Å². The summed E-state index contributed by atoms with van der Waals surface area (Å²) < 4.78 is 0. The molecule has 0 aliphatic carbocycles. The van der Waals surface area contributed by atoms with Gasteiger partial charge in [0.2, 0.25) is 0 Å². The van der Waals surface area contributed by atoms with E-state index in [4.69, 9.17) is 5.11 Å². The summed E-state index contributed by atoms with van der Waals surface area (Å²) in [6.45, 7) is 3.79. The topological polar surface area (TPSA) is 73.7 Å². The number of aliphatic hydroxyl groups excluding tert-OH is 1. The molecule has 0 bridgehead atoms. The Labute approximate surface area is 136 Å². The van der Waals surface area contributed by atoms with Gasteiger partial charge < -0.3 is 10.2 Å². The number of pyridine rings is 1. The van der Waals surface area contributed by atoms with Crippen LogP contribution in [0.1, 0.15) is 33.6 Å². The summed E-state index contributed by atoms with van der Waals surface area (Å²) in [5.41, 5.74) is 2.87. The molecule has 0 unspecified atom stereocenters. The molecule has 0 amide bonds. The first-order valence-electron chi connectivity index (χ1n) is 7.65. The number of aromatic nitrogens is 1. The minimum Gasteiger partial charge on any atom is -0.507 e. The summed E-state index contributed by atoms with van der Waals surface area (Å²) in [4.78, 5) is 17.5. The van der Waals surface area contributed by atoms with E-state index in [2.05, 4.69) is 9.88 Å². The summed E-state index contributed by atoms with van der Waals surface area (Å²) in [5.74, 6) is 0.0284. The van der Waals surface area contributed by atoms with Crippen LogP contribution in [0, 0.1) is 6.92 Å². The Kier molecular flexibility index (Phi) is 6.26. The Morgan fingerprint density at radius 3 is 2.74 bits per heavy atom. The molecular formula is C18H22N2O3. The number of phenols is 1. The van der Waals surface area contributed by atoms with Crippen molar-refractivity contribution in [3.63, 3.8) is 0 Å². The second-order valence-electron chi connectivity index (χ2n) is 5.59. The minimum absolute atomic E-state index is 0.0284. The second-order valence-corrected chi connectivity index (χ2v) is 5.59. The average Bonchev–Trinajstić information content (AvgIpc) is 2.56. The molecule has 0 saturated heterocycles. The number of phenolic OH excluding ortho intramolecular Hbond substituents is 1. The molecule has 2 rings (SSSR count). The van der Waals surface area contributed by atoms with E-state index < -0.39 is 0 Å². The highest BCUT2D eigenvalue weighted by Crippen LogP contribution is 2.25. The van der Waals surface area contributed by atoms with E-state index in [0.29, 0.717) is 43.5 Å². The number of carbonyl (C=O) groups excluding carboxylic acids is 1. The molecule has 5 heteroatoms. The maximum Gasteiger partial charge on any atom is 0.153 e. The van der Waals surface area contributed by atoms with Crippen LogP contribution in [0.25, 0.3) is 0 Å². The molecule has 1 heterocycles. The van der Waals surface area contributed by atoms with E-state index in [1.54, 1.807) is 12.3 Å². The second kappa shape index (κ2) is 8.41. The van der Waals surface area contributed by atoms with E-state index >= 15 is 0 Å². The molecule has 1 aromatic heterocycles. The lowest BCUT2D eigenvalue weighted by Crippen LogP contribution is -2.25. The largest absolute Gasteiger partial charge is 0.507 e. The zero-order valence-corrected chi connectivity index (χ0v) is 13.3. The molecule has 0 aliphatic rings. The lowest BCUT2D eigenvalue weighted by Gasteiger charge is -2.22. The lowest BCUT2D eigenvalue weighted by atomic mass is 10.0. The summed E-state index contributed by atoms with van der Waals surface area (Å²) in [5, 5.41) is 19.3. The summed E-state index contributed by atoms with van der Waals surface area (Å²) in [7, 11) is 0. The highest BCUT2D eigenvalue weighted by Gasteiger charge is 2.13. The van der Waals surface area contributed by atoms with Crippen molar-refractivity contribution in [2.24, 2.45) is 0 Å². The van der Waals surface area contributed by atoms with Crippen molar-refractivity contribution in [3.05, 3.63) is 58.9 Å². The molecular weight excluding hydrogens is 292 g/mol. The summed E-state index contributed by atoms with van der Waals surface area (Å²) in [6, 6.07) is 9.29. The van der Waals surface area contributed by atoms with Crippen LogP contribution in [0.5, 0.6) is 5.75 Å². The van der Waals surface area contributed by atoms with Gasteiger partial charge in [-0.15, -0.1) is 0 Å². The van der Waals surface area contributed by atoms with E-state index in [9.17, 15) is 9.90 Å². The molecule has 0 aliphatic heterocycles. The van der Waals surface area contributed by atoms with E-state index in [1.165, 1.54) is 0 Å². The van der Waals surface area contributed by atoms with Crippen LogP contribution in [0.3, 0.4) is 0 Å². The molecule has 0 spiro atoms. The molecule has 2 N–H and O–H groups in total. The number of rotatable bonds is 8.